The fourth-order valence-corrected chi connectivity index (χ4v) is 3.51. The fraction of sp³-hybridized carbons (Fsp3) is 0.136. The van der Waals surface area contributed by atoms with Crippen LogP contribution in [0.15, 0.2) is 56.1 Å². The first-order valence-electron chi connectivity index (χ1n) is 8.78. The lowest BCUT2D eigenvalue weighted by atomic mass is 10.1. The minimum atomic E-state index is -0.607. The first-order valence-corrected chi connectivity index (χ1v) is 9.53. The molecule has 2 aromatic carbocycles. The zero-order chi connectivity index (χ0) is 20.7. The van der Waals surface area contributed by atoms with Gasteiger partial charge in [-0.15, -0.1) is 0 Å². The molecule has 0 aliphatic carbocycles. The van der Waals surface area contributed by atoms with Gasteiger partial charge in [-0.25, -0.2) is 4.79 Å². The lowest BCUT2D eigenvalue weighted by Gasteiger charge is -2.09. The Balaban J connectivity index is 1.66. The van der Waals surface area contributed by atoms with Crippen LogP contribution in [0.4, 0.5) is 0 Å². The Morgan fingerprint density at radius 3 is 2.45 bits per heavy atom. The van der Waals surface area contributed by atoms with E-state index in [1.165, 1.54) is 6.92 Å². The average molecular weight is 431 g/mol. The maximum absolute atomic E-state index is 11.9. The van der Waals surface area contributed by atoms with Gasteiger partial charge in [0.2, 0.25) is 0 Å². The van der Waals surface area contributed by atoms with Gasteiger partial charge in [0, 0.05) is 32.6 Å². The summed E-state index contributed by atoms with van der Waals surface area (Å²) in [4.78, 5) is 11.9. The third kappa shape index (κ3) is 3.59. The molecule has 5 nitrogen and oxygen atoms in total. The van der Waals surface area contributed by atoms with Crippen molar-refractivity contribution in [2.75, 3.05) is 0 Å². The molecule has 0 bridgehead atoms. The highest BCUT2D eigenvalue weighted by Crippen LogP contribution is 2.35. The molecule has 29 heavy (non-hydrogen) atoms. The molecule has 148 valence electrons. The van der Waals surface area contributed by atoms with Gasteiger partial charge in [0.15, 0.2) is 11.5 Å². The van der Waals surface area contributed by atoms with Gasteiger partial charge < -0.3 is 18.7 Å². The predicted octanol–water partition coefficient (Wildman–Crippen LogP) is 6.26. The molecule has 7 heteroatoms. The Morgan fingerprint density at radius 1 is 1.00 bits per heavy atom. The van der Waals surface area contributed by atoms with Crippen molar-refractivity contribution in [2.24, 2.45) is 0 Å². The van der Waals surface area contributed by atoms with Crippen molar-refractivity contribution < 1.29 is 18.7 Å². The minimum Gasteiger partial charge on any atom is -0.507 e. The standard InChI is InChI=1S/C22H16Cl2O5/c1-11-20(25)12(2)22(26)29-21(11)19-8-13-6-7-14(9-18(13)28-19)27-10-15-16(23)4-3-5-17(15)24/h3-9,25H,10H2,1-2H3. The molecule has 0 unspecified atom stereocenters. The van der Waals surface area contributed by atoms with Crippen LogP contribution in [0.5, 0.6) is 11.5 Å². The number of rotatable bonds is 4. The second-order valence-corrected chi connectivity index (χ2v) is 7.43. The largest absolute Gasteiger partial charge is 0.507 e. The number of hydrogen-bond acceptors (Lipinski definition) is 5. The van der Waals surface area contributed by atoms with E-state index in [1.807, 2.05) is 6.07 Å². The van der Waals surface area contributed by atoms with Gasteiger partial charge in [-0.1, -0.05) is 29.3 Å². The summed E-state index contributed by atoms with van der Waals surface area (Å²) in [6.07, 6.45) is 0. The van der Waals surface area contributed by atoms with Crippen molar-refractivity contribution in [2.45, 2.75) is 20.5 Å². The van der Waals surface area contributed by atoms with Gasteiger partial charge in [-0.05, 0) is 44.2 Å². The summed E-state index contributed by atoms with van der Waals surface area (Å²) in [7, 11) is 0. The van der Waals surface area contributed by atoms with Crippen LogP contribution in [0.1, 0.15) is 16.7 Å². The number of hydrogen-bond donors (Lipinski definition) is 1. The zero-order valence-corrected chi connectivity index (χ0v) is 17.1. The maximum Gasteiger partial charge on any atom is 0.343 e. The van der Waals surface area contributed by atoms with Crippen LogP contribution in [-0.4, -0.2) is 5.11 Å². The van der Waals surface area contributed by atoms with E-state index in [9.17, 15) is 9.90 Å². The van der Waals surface area contributed by atoms with Crippen molar-refractivity contribution in [3.63, 3.8) is 0 Å². The Hall–Kier alpha value is -2.89. The smallest absolute Gasteiger partial charge is 0.343 e. The van der Waals surface area contributed by atoms with E-state index in [1.54, 1.807) is 43.3 Å². The Bertz CT molecular complexity index is 1270. The highest BCUT2D eigenvalue weighted by Gasteiger charge is 2.18. The average Bonchev–Trinajstić information content (AvgIpc) is 3.12. The second-order valence-electron chi connectivity index (χ2n) is 6.62. The van der Waals surface area contributed by atoms with Gasteiger partial charge in [-0.2, -0.15) is 0 Å². The van der Waals surface area contributed by atoms with Crippen molar-refractivity contribution in [3.05, 3.63) is 79.6 Å². The van der Waals surface area contributed by atoms with Crippen LogP contribution in [-0.2, 0) is 6.61 Å². The molecule has 0 aliphatic rings. The van der Waals surface area contributed by atoms with Crippen LogP contribution in [0.2, 0.25) is 10.0 Å². The lowest BCUT2D eigenvalue weighted by molar-refractivity contribution is 0.306. The van der Waals surface area contributed by atoms with Gasteiger partial charge in [0.1, 0.15) is 23.7 Å². The normalized spacial score (nSPS) is 11.2. The van der Waals surface area contributed by atoms with E-state index in [0.717, 1.165) is 5.39 Å². The summed E-state index contributed by atoms with van der Waals surface area (Å²) >= 11 is 12.3. The maximum atomic E-state index is 11.9. The number of aromatic hydroxyl groups is 1. The molecule has 0 spiro atoms. The van der Waals surface area contributed by atoms with E-state index in [0.29, 0.717) is 38.3 Å². The van der Waals surface area contributed by atoms with E-state index < -0.39 is 5.63 Å². The number of benzene rings is 2. The summed E-state index contributed by atoms with van der Waals surface area (Å²) in [5.74, 6) is 1.01. The van der Waals surface area contributed by atoms with Crippen LogP contribution in [0.25, 0.3) is 22.5 Å². The third-order valence-corrected chi connectivity index (χ3v) is 5.42. The van der Waals surface area contributed by atoms with Crippen LogP contribution in [0, 0.1) is 13.8 Å². The molecule has 0 saturated carbocycles. The van der Waals surface area contributed by atoms with Crippen molar-refractivity contribution in [1.29, 1.82) is 0 Å². The summed E-state index contributed by atoms with van der Waals surface area (Å²) in [5.41, 5.74) is 1.24. The van der Waals surface area contributed by atoms with Gasteiger partial charge >= 0.3 is 5.63 Å². The Labute approximate surface area is 176 Å². The van der Waals surface area contributed by atoms with Gasteiger partial charge in [0.05, 0.1) is 5.56 Å². The zero-order valence-electron chi connectivity index (χ0n) is 15.6. The Morgan fingerprint density at radius 2 is 1.72 bits per heavy atom. The molecule has 0 fully saturated rings. The summed E-state index contributed by atoms with van der Waals surface area (Å²) in [6.45, 7) is 3.37. The van der Waals surface area contributed by atoms with Crippen molar-refractivity contribution in [3.8, 4) is 23.0 Å². The first-order chi connectivity index (χ1) is 13.8. The molecular formula is C22H16Cl2O5. The molecule has 0 aliphatic heterocycles. The van der Waals surface area contributed by atoms with Crippen LogP contribution < -0.4 is 10.4 Å². The number of ether oxygens (including phenoxy) is 1. The molecule has 4 aromatic rings. The lowest BCUT2D eigenvalue weighted by Crippen LogP contribution is -2.05. The monoisotopic (exact) mass is 430 g/mol. The molecule has 4 rings (SSSR count). The summed E-state index contributed by atoms with van der Waals surface area (Å²) in [5, 5.41) is 12.0. The highest BCUT2D eigenvalue weighted by atomic mass is 35.5. The number of halogens is 2. The molecule has 0 radical (unpaired) electrons. The number of furan rings is 1. The van der Waals surface area contributed by atoms with E-state index in [-0.39, 0.29) is 23.7 Å². The molecule has 2 aromatic heterocycles. The second kappa shape index (κ2) is 7.50. The molecule has 0 saturated heterocycles. The number of fused-ring (bicyclic) bond motifs is 1. The van der Waals surface area contributed by atoms with Crippen molar-refractivity contribution in [1.82, 2.24) is 0 Å². The van der Waals surface area contributed by atoms with E-state index in [2.05, 4.69) is 0 Å². The SMILES string of the molecule is Cc1c(-c2cc3ccc(OCc4c(Cl)cccc4Cl)cc3o2)oc(=O)c(C)c1O. The van der Waals surface area contributed by atoms with Crippen LogP contribution in [0.3, 0.4) is 0 Å². The molecule has 2 heterocycles. The third-order valence-electron chi connectivity index (χ3n) is 4.71. The summed E-state index contributed by atoms with van der Waals surface area (Å²) in [6, 6.07) is 12.4. The van der Waals surface area contributed by atoms with Crippen LogP contribution >= 0.6 is 23.2 Å². The summed E-state index contributed by atoms with van der Waals surface area (Å²) < 4.78 is 17.0. The van der Waals surface area contributed by atoms with Crippen molar-refractivity contribution >= 4 is 34.2 Å². The van der Waals surface area contributed by atoms with E-state index in [4.69, 9.17) is 36.8 Å². The van der Waals surface area contributed by atoms with E-state index >= 15 is 0 Å². The highest BCUT2D eigenvalue weighted by molar-refractivity contribution is 6.35. The Kier molecular flexibility index (Phi) is 5.03. The molecular weight excluding hydrogens is 415 g/mol. The molecule has 1 N–H and O–H groups in total. The minimum absolute atomic E-state index is 0.0997. The van der Waals surface area contributed by atoms with Gasteiger partial charge in [-0.3, -0.25) is 0 Å². The quantitative estimate of drug-likeness (QED) is 0.413. The molecule has 0 atom stereocenters. The fourth-order valence-electron chi connectivity index (χ4n) is 3.01. The topological polar surface area (TPSA) is 72.8 Å². The van der Waals surface area contributed by atoms with Gasteiger partial charge in [0.25, 0.3) is 0 Å². The molecule has 0 amide bonds. The predicted molar refractivity (Wildman–Crippen MR) is 112 cm³/mol. The first kappa shape index (κ1) is 19.4.